The molecule has 5 nitrogen and oxygen atoms in total. The molecular weight excluding hydrogens is 373 g/mol. The summed E-state index contributed by atoms with van der Waals surface area (Å²) in [4.78, 5) is 24.8. The van der Waals surface area contributed by atoms with Crippen molar-refractivity contribution >= 4 is 41.5 Å². The van der Waals surface area contributed by atoms with E-state index in [0.29, 0.717) is 16.3 Å². The number of hydrogen-bond acceptors (Lipinski definition) is 3. The van der Waals surface area contributed by atoms with E-state index in [1.807, 2.05) is 20.8 Å². The normalized spacial score (nSPS) is 16.3. The summed E-state index contributed by atoms with van der Waals surface area (Å²) in [5.74, 6) is -0.485. The van der Waals surface area contributed by atoms with Crippen molar-refractivity contribution in [2.75, 3.05) is 5.32 Å². The number of amides is 2. The number of anilines is 1. The molecule has 0 saturated heterocycles. The lowest BCUT2D eigenvalue weighted by molar-refractivity contribution is -0.119. The summed E-state index contributed by atoms with van der Waals surface area (Å²) in [5.41, 5.74) is 6.51. The highest BCUT2D eigenvalue weighted by molar-refractivity contribution is 6.34. The van der Waals surface area contributed by atoms with E-state index < -0.39 is 6.04 Å². The molecular formula is C19H29Cl2N3O2. The number of hydrogen-bond donors (Lipinski definition) is 3. The first-order valence-electron chi connectivity index (χ1n) is 8.85. The van der Waals surface area contributed by atoms with Crippen molar-refractivity contribution in [3.8, 4) is 0 Å². The summed E-state index contributed by atoms with van der Waals surface area (Å²) in [6, 6.07) is 4.45. The SMILES string of the molecule is CC(C)(C)[C@H](N)C(=O)Nc1ccc(Cl)c(C(=O)NC2CCCCC2)c1.Cl. The predicted octanol–water partition coefficient (Wildman–Crippen LogP) is 4.14. The van der Waals surface area contributed by atoms with Crippen molar-refractivity contribution in [1.29, 1.82) is 0 Å². The molecule has 0 aromatic heterocycles. The molecule has 0 aliphatic heterocycles. The fourth-order valence-electron chi connectivity index (χ4n) is 2.90. The monoisotopic (exact) mass is 401 g/mol. The number of carbonyl (C=O) groups excluding carboxylic acids is 2. The molecule has 0 bridgehead atoms. The Kier molecular flexibility index (Phi) is 8.38. The van der Waals surface area contributed by atoms with Crippen molar-refractivity contribution in [3.63, 3.8) is 0 Å². The third-order valence-electron chi connectivity index (χ3n) is 4.63. The van der Waals surface area contributed by atoms with Gasteiger partial charge in [0.25, 0.3) is 5.91 Å². The largest absolute Gasteiger partial charge is 0.349 e. The highest BCUT2D eigenvalue weighted by Crippen LogP contribution is 2.24. The first-order chi connectivity index (χ1) is 11.7. The number of carbonyl (C=O) groups is 2. The van der Waals surface area contributed by atoms with Gasteiger partial charge in [0.1, 0.15) is 0 Å². The molecule has 1 fully saturated rings. The maximum atomic E-state index is 12.5. The van der Waals surface area contributed by atoms with Crippen LogP contribution in [0.15, 0.2) is 18.2 Å². The van der Waals surface area contributed by atoms with Gasteiger partial charge < -0.3 is 16.4 Å². The zero-order valence-corrected chi connectivity index (χ0v) is 17.2. The smallest absolute Gasteiger partial charge is 0.253 e. The zero-order chi connectivity index (χ0) is 18.6. The molecule has 4 N–H and O–H groups in total. The molecule has 2 rings (SSSR count). The van der Waals surface area contributed by atoms with Crippen LogP contribution in [0.3, 0.4) is 0 Å². The maximum Gasteiger partial charge on any atom is 0.253 e. The van der Waals surface area contributed by atoms with Crippen LogP contribution in [0.5, 0.6) is 0 Å². The minimum Gasteiger partial charge on any atom is -0.349 e. The van der Waals surface area contributed by atoms with Gasteiger partial charge >= 0.3 is 0 Å². The predicted molar refractivity (Wildman–Crippen MR) is 109 cm³/mol. The molecule has 0 radical (unpaired) electrons. The van der Waals surface area contributed by atoms with Crippen LogP contribution in [0.4, 0.5) is 5.69 Å². The number of halogens is 2. The van der Waals surface area contributed by atoms with Gasteiger partial charge in [-0.3, -0.25) is 9.59 Å². The van der Waals surface area contributed by atoms with Gasteiger partial charge in [0, 0.05) is 11.7 Å². The van der Waals surface area contributed by atoms with Gasteiger partial charge in [0.05, 0.1) is 16.6 Å². The van der Waals surface area contributed by atoms with Crippen LogP contribution in [0.1, 0.15) is 63.2 Å². The molecule has 1 aliphatic carbocycles. The average Bonchev–Trinajstić information content (AvgIpc) is 2.55. The van der Waals surface area contributed by atoms with Crippen LogP contribution in [0, 0.1) is 5.41 Å². The lowest BCUT2D eigenvalue weighted by atomic mass is 9.87. The lowest BCUT2D eigenvalue weighted by Gasteiger charge is -2.26. The summed E-state index contributed by atoms with van der Waals surface area (Å²) in [5, 5.41) is 6.18. The van der Waals surface area contributed by atoms with E-state index in [9.17, 15) is 9.59 Å². The van der Waals surface area contributed by atoms with Crippen molar-refractivity contribution in [2.24, 2.45) is 11.1 Å². The van der Waals surface area contributed by atoms with Gasteiger partial charge in [0.15, 0.2) is 0 Å². The van der Waals surface area contributed by atoms with Crippen molar-refractivity contribution in [3.05, 3.63) is 28.8 Å². The third-order valence-corrected chi connectivity index (χ3v) is 4.96. The zero-order valence-electron chi connectivity index (χ0n) is 15.6. The lowest BCUT2D eigenvalue weighted by Crippen LogP contribution is -2.45. The number of nitrogens with two attached hydrogens (primary N) is 1. The topological polar surface area (TPSA) is 84.2 Å². The van der Waals surface area contributed by atoms with Crippen LogP contribution in [-0.4, -0.2) is 23.9 Å². The molecule has 0 heterocycles. The van der Waals surface area contributed by atoms with Crippen LogP contribution in [0.25, 0.3) is 0 Å². The Labute approximate surface area is 166 Å². The first kappa shape index (κ1) is 22.7. The Balaban J connectivity index is 0.00000338. The van der Waals surface area contributed by atoms with E-state index in [1.165, 1.54) is 6.42 Å². The van der Waals surface area contributed by atoms with Gasteiger partial charge in [-0.05, 0) is 36.5 Å². The molecule has 7 heteroatoms. The molecule has 1 aromatic carbocycles. The van der Waals surface area contributed by atoms with Gasteiger partial charge in [0.2, 0.25) is 5.91 Å². The van der Waals surface area contributed by atoms with Crippen molar-refractivity contribution < 1.29 is 9.59 Å². The summed E-state index contributed by atoms with van der Waals surface area (Å²) in [6.07, 6.45) is 5.50. The van der Waals surface area contributed by atoms with E-state index >= 15 is 0 Å². The maximum absolute atomic E-state index is 12.5. The van der Waals surface area contributed by atoms with Gasteiger partial charge in [-0.1, -0.05) is 51.6 Å². The van der Waals surface area contributed by atoms with E-state index in [1.54, 1.807) is 18.2 Å². The minimum atomic E-state index is -0.650. The summed E-state index contributed by atoms with van der Waals surface area (Å²) in [6.45, 7) is 5.71. The van der Waals surface area contributed by atoms with E-state index in [-0.39, 0.29) is 35.7 Å². The third kappa shape index (κ3) is 6.15. The fraction of sp³-hybridized carbons (Fsp3) is 0.579. The Hall–Kier alpha value is -1.30. The van der Waals surface area contributed by atoms with Crippen LogP contribution < -0.4 is 16.4 Å². The minimum absolute atomic E-state index is 0. The summed E-state index contributed by atoms with van der Waals surface area (Å²) >= 11 is 6.18. The van der Waals surface area contributed by atoms with Crippen LogP contribution in [0.2, 0.25) is 5.02 Å². The molecule has 26 heavy (non-hydrogen) atoms. The van der Waals surface area contributed by atoms with Crippen molar-refractivity contribution in [2.45, 2.75) is 65.0 Å². The van der Waals surface area contributed by atoms with Crippen LogP contribution in [-0.2, 0) is 4.79 Å². The standard InChI is InChI=1S/C19H28ClN3O2.ClH/c1-19(2,3)16(21)18(25)23-13-9-10-15(20)14(11-13)17(24)22-12-7-5-4-6-8-12;/h9-12,16H,4-8,21H2,1-3H3,(H,22,24)(H,23,25);1H/t16-;/m1./s1. The molecule has 146 valence electrons. The molecule has 0 unspecified atom stereocenters. The van der Waals surface area contributed by atoms with Gasteiger partial charge in [-0.15, -0.1) is 12.4 Å². The fourth-order valence-corrected chi connectivity index (χ4v) is 3.10. The van der Waals surface area contributed by atoms with E-state index in [0.717, 1.165) is 25.7 Å². The van der Waals surface area contributed by atoms with E-state index in [2.05, 4.69) is 10.6 Å². The highest BCUT2D eigenvalue weighted by Gasteiger charge is 2.27. The quantitative estimate of drug-likeness (QED) is 0.708. The molecule has 1 atom stereocenters. The molecule has 1 aromatic rings. The Morgan fingerprint density at radius 1 is 1.19 bits per heavy atom. The number of benzene rings is 1. The Morgan fingerprint density at radius 2 is 1.81 bits per heavy atom. The second-order valence-corrected chi connectivity index (χ2v) is 8.24. The molecule has 0 spiro atoms. The summed E-state index contributed by atoms with van der Waals surface area (Å²) < 4.78 is 0. The molecule has 2 amide bonds. The second-order valence-electron chi connectivity index (χ2n) is 7.84. The van der Waals surface area contributed by atoms with Crippen molar-refractivity contribution in [1.82, 2.24) is 5.32 Å². The van der Waals surface area contributed by atoms with Gasteiger partial charge in [-0.25, -0.2) is 0 Å². The summed E-state index contributed by atoms with van der Waals surface area (Å²) in [7, 11) is 0. The molecule has 1 saturated carbocycles. The van der Waals surface area contributed by atoms with Crippen LogP contribution >= 0.6 is 24.0 Å². The Bertz CT molecular complexity index is 638. The second kappa shape index (κ2) is 9.58. The first-order valence-corrected chi connectivity index (χ1v) is 9.23. The number of nitrogens with one attached hydrogen (secondary N) is 2. The van der Waals surface area contributed by atoms with Gasteiger partial charge in [-0.2, -0.15) is 0 Å². The Morgan fingerprint density at radius 3 is 2.38 bits per heavy atom. The number of rotatable bonds is 4. The average molecular weight is 402 g/mol. The highest BCUT2D eigenvalue weighted by atomic mass is 35.5. The van der Waals surface area contributed by atoms with E-state index in [4.69, 9.17) is 17.3 Å². The molecule has 1 aliphatic rings.